The molecule has 0 fully saturated rings. The zero-order chi connectivity index (χ0) is 22.2. The summed E-state index contributed by atoms with van der Waals surface area (Å²) >= 11 is 0. The van der Waals surface area contributed by atoms with Crippen LogP contribution in [0.3, 0.4) is 0 Å². The van der Waals surface area contributed by atoms with Crippen molar-refractivity contribution in [2.45, 2.75) is 32.0 Å². The number of methoxy groups -OCH3 is 1. The molecule has 1 atom stereocenters. The molecule has 7 heteroatoms. The predicted octanol–water partition coefficient (Wildman–Crippen LogP) is 3.85. The Morgan fingerprint density at radius 2 is 1.97 bits per heavy atom. The molecule has 7 nitrogen and oxygen atoms in total. The van der Waals surface area contributed by atoms with E-state index in [9.17, 15) is 14.7 Å². The standard InChI is InChI=1S/C24H22O7/c1-24(2)20(29-21(26)10-5-14-4-8-17(25)19(12-14)28-3)13-16-18(31-24)9-6-15-7-11-22(27)30-23(15)16/h4-12,20,25H,13H2,1-3H3/b10-5+. The van der Waals surface area contributed by atoms with Crippen molar-refractivity contribution in [2.24, 2.45) is 0 Å². The lowest BCUT2D eigenvalue weighted by molar-refractivity contribution is -0.155. The number of hydrogen-bond acceptors (Lipinski definition) is 7. The number of ether oxygens (including phenoxy) is 3. The Morgan fingerprint density at radius 1 is 1.19 bits per heavy atom. The number of phenols is 1. The van der Waals surface area contributed by atoms with Gasteiger partial charge in [-0.25, -0.2) is 9.59 Å². The number of carbonyl (C=O) groups is 1. The molecule has 0 amide bonds. The van der Waals surface area contributed by atoms with Gasteiger partial charge in [0.15, 0.2) is 11.5 Å². The van der Waals surface area contributed by atoms with Gasteiger partial charge in [0.2, 0.25) is 0 Å². The highest BCUT2D eigenvalue weighted by Gasteiger charge is 2.40. The summed E-state index contributed by atoms with van der Waals surface area (Å²) in [5.41, 5.74) is 0.573. The van der Waals surface area contributed by atoms with Crippen LogP contribution in [0, 0.1) is 0 Å². The molecule has 2 heterocycles. The molecule has 1 unspecified atom stereocenters. The van der Waals surface area contributed by atoms with Crippen LogP contribution in [0.4, 0.5) is 0 Å². The summed E-state index contributed by atoms with van der Waals surface area (Å²) in [5, 5.41) is 10.4. The average Bonchev–Trinajstić information content (AvgIpc) is 2.73. The Bertz CT molecular complexity index is 1240. The number of aromatic hydroxyl groups is 1. The summed E-state index contributed by atoms with van der Waals surface area (Å²) in [7, 11) is 1.45. The second kappa shape index (κ2) is 7.83. The highest BCUT2D eigenvalue weighted by atomic mass is 16.6. The zero-order valence-electron chi connectivity index (χ0n) is 17.4. The first-order valence-electron chi connectivity index (χ1n) is 9.77. The number of hydrogen-bond donors (Lipinski definition) is 1. The van der Waals surface area contributed by atoms with Crippen LogP contribution in [0.15, 0.2) is 57.8 Å². The average molecular weight is 422 g/mol. The van der Waals surface area contributed by atoms with E-state index in [-0.39, 0.29) is 5.75 Å². The molecule has 1 N–H and O–H groups in total. The molecule has 0 saturated carbocycles. The SMILES string of the molecule is COc1cc(/C=C/C(=O)OC2Cc3c(ccc4ccc(=O)oc34)OC2(C)C)ccc1O. The highest BCUT2D eigenvalue weighted by molar-refractivity contribution is 5.87. The summed E-state index contributed by atoms with van der Waals surface area (Å²) in [4.78, 5) is 24.2. The number of fused-ring (bicyclic) bond motifs is 3. The third kappa shape index (κ3) is 4.12. The molecule has 1 aromatic heterocycles. The maximum atomic E-state index is 12.5. The van der Waals surface area contributed by atoms with Gasteiger partial charge in [-0.3, -0.25) is 0 Å². The zero-order valence-corrected chi connectivity index (χ0v) is 17.4. The van der Waals surface area contributed by atoms with E-state index in [0.717, 1.165) is 5.39 Å². The van der Waals surface area contributed by atoms with Crippen LogP contribution in [0.25, 0.3) is 17.0 Å². The first-order valence-corrected chi connectivity index (χ1v) is 9.77. The van der Waals surface area contributed by atoms with Gasteiger partial charge in [0.25, 0.3) is 0 Å². The monoisotopic (exact) mass is 422 g/mol. The lowest BCUT2D eigenvalue weighted by atomic mass is 9.90. The van der Waals surface area contributed by atoms with E-state index in [1.165, 1.54) is 25.3 Å². The van der Waals surface area contributed by atoms with Gasteiger partial charge in [0.1, 0.15) is 23.0 Å². The largest absolute Gasteiger partial charge is 0.504 e. The number of esters is 1. The first kappa shape index (κ1) is 20.5. The molecule has 160 valence electrons. The summed E-state index contributed by atoms with van der Waals surface area (Å²) in [5.74, 6) is 0.382. The minimum absolute atomic E-state index is 0.0147. The van der Waals surface area contributed by atoms with E-state index in [1.54, 1.807) is 24.3 Å². The fourth-order valence-corrected chi connectivity index (χ4v) is 3.57. The van der Waals surface area contributed by atoms with Crippen LogP contribution in [0.2, 0.25) is 0 Å². The lowest BCUT2D eigenvalue weighted by Crippen LogP contribution is -2.48. The highest BCUT2D eigenvalue weighted by Crippen LogP contribution is 2.38. The second-order valence-electron chi connectivity index (χ2n) is 7.81. The van der Waals surface area contributed by atoms with E-state index in [2.05, 4.69) is 0 Å². The van der Waals surface area contributed by atoms with Crippen LogP contribution in [0.1, 0.15) is 25.0 Å². The van der Waals surface area contributed by atoms with Crippen molar-refractivity contribution >= 4 is 23.0 Å². The normalized spacial score (nSPS) is 17.2. The van der Waals surface area contributed by atoms with E-state index < -0.39 is 23.3 Å². The van der Waals surface area contributed by atoms with Crippen molar-refractivity contribution in [3.05, 3.63) is 70.1 Å². The van der Waals surface area contributed by atoms with Gasteiger partial charge >= 0.3 is 11.6 Å². The molecule has 4 rings (SSSR count). The number of phenolic OH excluding ortho intramolecular Hbond substituents is 1. The molecular formula is C24H22O7. The van der Waals surface area contributed by atoms with Gasteiger partial charge in [-0.1, -0.05) is 6.07 Å². The molecule has 0 spiro atoms. The molecule has 1 aliphatic heterocycles. The van der Waals surface area contributed by atoms with E-state index in [1.807, 2.05) is 26.0 Å². The van der Waals surface area contributed by atoms with Crippen LogP contribution < -0.4 is 15.1 Å². The van der Waals surface area contributed by atoms with Crippen LogP contribution >= 0.6 is 0 Å². The van der Waals surface area contributed by atoms with Gasteiger partial charge < -0.3 is 23.7 Å². The van der Waals surface area contributed by atoms with Gasteiger partial charge in [-0.2, -0.15) is 0 Å². The minimum atomic E-state index is -0.777. The fourth-order valence-electron chi connectivity index (χ4n) is 3.57. The van der Waals surface area contributed by atoms with Crippen molar-refractivity contribution in [2.75, 3.05) is 7.11 Å². The lowest BCUT2D eigenvalue weighted by Gasteiger charge is -2.39. The smallest absolute Gasteiger partial charge is 0.336 e. The van der Waals surface area contributed by atoms with Crippen LogP contribution in [0.5, 0.6) is 17.2 Å². The topological polar surface area (TPSA) is 95.2 Å². The Labute approximate surface area is 178 Å². The van der Waals surface area contributed by atoms with Crippen molar-refractivity contribution in [1.82, 2.24) is 0 Å². The molecule has 0 saturated heterocycles. The fraction of sp³-hybridized carbons (Fsp3) is 0.250. The third-order valence-corrected chi connectivity index (χ3v) is 5.26. The maximum Gasteiger partial charge on any atom is 0.336 e. The van der Waals surface area contributed by atoms with E-state index in [0.29, 0.717) is 34.6 Å². The summed E-state index contributed by atoms with van der Waals surface area (Å²) in [6.45, 7) is 3.68. The van der Waals surface area contributed by atoms with Gasteiger partial charge in [-0.15, -0.1) is 0 Å². The molecule has 31 heavy (non-hydrogen) atoms. The van der Waals surface area contributed by atoms with Gasteiger partial charge in [0.05, 0.1) is 7.11 Å². The molecule has 0 aliphatic carbocycles. The Kier molecular flexibility index (Phi) is 5.19. The molecule has 0 bridgehead atoms. The molecule has 2 aromatic carbocycles. The van der Waals surface area contributed by atoms with E-state index in [4.69, 9.17) is 18.6 Å². The number of benzene rings is 2. The molecular weight excluding hydrogens is 400 g/mol. The van der Waals surface area contributed by atoms with Crippen molar-refractivity contribution < 1.29 is 28.5 Å². The van der Waals surface area contributed by atoms with Crippen LogP contribution in [-0.2, 0) is 16.0 Å². The van der Waals surface area contributed by atoms with Crippen LogP contribution in [-0.4, -0.2) is 29.9 Å². The number of carbonyl (C=O) groups excluding carboxylic acids is 1. The summed E-state index contributed by atoms with van der Waals surface area (Å²) in [6.07, 6.45) is 2.63. The van der Waals surface area contributed by atoms with Gasteiger partial charge in [-0.05, 0) is 55.8 Å². The maximum absolute atomic E-state index is 12.5. The first-order chi connectivity index (χ1) is 14.8. The molecule has 1 aliphatic rings. The van der Waals surface area contributed by atoms with Crippen molar-refractivity contribution in [3.63, 3.8) is 0 Å². The van der Waals surface area contributed by atoms with Crippen molar-refractivity contribution in [3.8, 4) is 17.2 Å². The minimum Gasteiger partial charge on any atom is -0.504 e. The molecule has 3 aromatic rings. The Morgan fingerprint density at radius 3 is 2.74 bits per heavy atom. The predicted molar refractivity (Wildman–Crippen MR) is 114 cm³/mol. The second-order valence-corrected chi connectivity index (χ2v) is 7.81. The molecule has 0 radical (unpaired) electrons. The Balaban J connectivity index is 1.57. The summed E-state index contributed by atoms with van der Waals surface area (Å²) in [6, 6.07) is 11.5. The quantitative estimate of drug-likeness (QED) is 0.388. The van der Waals surface area contributed by atoms with Crippen molar-refractivity contribution in [1.29, 1.82) is 0 Å². The summed E-state index contributed by atoms with van der Waals surface area (Å²) < 4.78 is 22.2. The van der Waals surface area contributed by atoms with E-state index >= 15 is 0 Å². The number of rotatable bonds is 4. The van der Waals surface area contributed by atoms with Gasteiger partial charge in [0, 0.05) is 29.5 Å². The Hall–Kier alpha value is -3.74. The third-order valence-electron chi connectivity index (χ3n) is 5.26.